The lowest BCUT2D eigenvalue weighted by Crippen LogP contribution is -2.28. The molecule has 0 saturated carbocycles. The highest BCUT2D eigenvalue weighted by molar-refractivity contribution is 6.03. The highest BCUT2D eigenvalue weighted by Crippen LogP contribution is 2.32. The Kier molecular flexibility index (Phi) is 8.21. The fourth-order valence-electron chi connectivity index (χ4n) is 3.32. The third-order valence-electron chi connectivity index (χ3n) is 5.16. The monoisotopic (exact) mass is 574 g/mol. The van der Waals surface area contributed by atoms with E-state index in [1.807, 2.05) is 0 Å². The molecule has 0 aliphatic rings. The van der Waals surface area contributed by atoms with Gasteiger partial charge >= 0.3 is 12.1 Å². The van der Waals surface area contributed by atoms with Gasteiger partial charge in [0.25, 0.3) is 12.3 Å². The molecule has 0 saturated heterocycles. The van der Waals surface area contributed by atoms with E-state index >= 15 is 0 Å². The van der Waals surface area contributed by atoms with Crippen molar-refractivity contribution in [2.75, 3.05) is 16.0 Å². The van der Waals surface area contributed by atoms with Gasteiger partial charge in [0.2, 0.25) is 5.95 Å². The largest absolute Gasteiger partial charge is 0.491 e. The number of pyridine rings is 1. The fraction of sp³-hybridized carbons (Fsp3) is 0.120. The van der Waals surface area contributed by atoms with Gasteiger partial charge in [-0.1, -0.05) is 12.6 Å². The molecule has 0 aliphatic heterocycles. The van der Waals surface area contributed by atoms with Crippen molar-refractivity contribution in [1.29, 1.82) is 0 Å². The zero-order chi connectivity index (χ0) is 29.7. The number of carbonyl (C=O) groups is 2. The molecule has 41 heavy (non-hydrogen) atoms. The Hall–Kier alpha value is -5.41. The van der Waals surface area contributed by atoms with E-state index in [1.54, 1.807) is 24.0 Å². The number of hydrogen-bond donors (Lipinski definition) is 3. The molecule has 0 radical (unpaired) electrons. The summed E-state index contributed by atoms with van der Waals surface area (Å²) >= 11 is 0. The molecular formula is C25H19F5N8O3. The number of amides is 1. The molecule has 1 amide bonds. The summed E-state index contributed by atoms with van der Waals surface area (Å²) in [5.74, 6) is -4.56. The van der Waals surface area contributed by atoms with Crippen molar-refractivity contribution < 1.29 is 36.3 Å². The quantitative estimate of drug-likeness (QED) is 0.106. The van der Waals surface area contributed by atoms with Crippen LogP contribution < -0.4 is 16.0 Å². The molecule has 3 aromatic heterocycles. The summed E-state index contributed by atoms with van der Waals surface area (Å²) in [7, 11) is 1.71. The zero-order valence-corrected chi connectivity index (χ0v) is 20.9. The number of rotatable bonds is 9. The molecule has 0 bridgehead atoms. The molecule has 212 valence electrons. The molecule has 11 nitrogen and oxygen atoms in total. The van der Waals surface area contributed by atoms with E-state index in [1.165, 1.54) is 42.9 Å². The number of aryl methyl sites for hydroxylation is 1. The van der Waals surface area contributed by atoms with Crippen LogP contribution in [0.3, 0.4) is 0 Å². The van der Waals surface area contributed by atoms with Gasteiger partial charge in [0.1, 0.15) is 5.82 Å². The molecule has 0 fully saturated rings. The zero-order valence-electron chi connectivity index (χ0n) is 20.9. The van der Waals surface area contributed by atoms with Crippen LogP contribution in [0.1, 0.15) is 12.0 Å². The van der Waals surface area contributed by atoms with E-state index in [0.717, 1.165) is 6.20 Å². The van der Waals surface area contributed by atoms with Crippen molar-refractivity contribution in [3.63, 3.8) is 0 Å². The number of carbonyl (C=O) groups excluding carboxylic acids is 2. The van der Waals surface area contributed by atoms with Crippen LogP contribution >= 0.6 is 0 Å². The minimum Gasteiger partial charge on any atom is -0.415 e. The molecule has 4 aromatic rings. The fourth-order valence-corrected chi connectivity index (χ4v) is 3.32. The molecule has 4 rings (SSSR count). The summed E-state index contributed by atoms with van der Waals surface area (Å²) in [6.45, 7) is 3.04. The third kappa shape index (κ3) is 7.37. The minimum absolute atomic E-state index is 0.0925. The average molecular weight is 574 g/mol. The Morgan fingerprint density at radius 2 is 1.78 bits per heavy atom. The summed E-state index contributed by atoms with van der Waals surface area (Å²) in [6, 6.07) is 7.11. The lowest BCUT2D eigenvalue weighted by atomic mass is 10.1. The Balaban J connectivity index is 1.61. The Labute approximate surface area is 228 Å². The topological polar surface area (TPSA) is 136 Å². The highest BCUT2D eigenvalue weighted by atomic mass is 19.4. The van der Waals surface area contributed by atoms with Crippen LogP contribution in [-0.2, 0) is 21.4 Å². The second kappa shape index (κ2) is 11.8. The maximum Gasteiger partial charge on any atom is 0.491 e. The van der Waals surface area contributed by atoms with Crippen molar-refractivity contribution in [2.24, 2.45) is 7.05 Å². The van der Waals surface area contributed by atoms with Crippen LogP contribution in [0.5, 0.6) is 0 Å². The molecular weight excluding hydrogens is 555 g/mol. The maximum atomic E-state index is 13.3. The number of halogens is 5. The first-order chi connectivity index (χ1) is 19.4. The van der Waals surface area contributed by atoms with Gasteiger partial charge in [0.05, 0.1) is 11.9 Å². The molecule has 0 unspecified atom stereocenters. The highest BCUT2D eigenvalue weighted by Gasteiger charge is 2.42. The molecule has 0 atom stereocenters. The number of nitrogens with zero attached hydrogens (tertiary/aromatic N) is 5. The van der Waals surface area contributed by atoms with Crippen LogP contribution in [0.4, 0.5) is 50.8 Å². The van der Waals surface area contributed by atoms with Crippen LogP contribution in [0.25, 0.3) is 11.1 Å². The Bertz CT molecular complexity index is 1610. The number of anilines is 5. The van der Waals surface area contributed by atoms with Crippen LogP contribution in [0.15, 0.2) is 73.7 Å². The average Bonchev–Trinajstić information content (AvgIpc) is 3.32. The van der Waals surface area contributed by atoms with Crippen molar-refractivity contribution in [3.8, 4) is 11.1 Å². The minimum atomic E-state index is -5.31. The Morgan fingerprint density at radius 3 is 2.46 bits per heavy atom. The number of hydrogen-bond acceptors (Lipinski definition) is 9. The standard InChI is InChI=1S/C25H19F5N8O3/c1-13(41-23(40)25(28,29)30)22(39)35-17-5-3-4-16(7-17)34-21-19(14-6-15(20(26)27)9-31-8-14)11-32-24(37-21)36-18-10-33-38(2)12-18/h3-12,20H,1H2,2H3,(H,35,39)(H2,32,34,36,37). The first-order valence-electron chi connectivity index (χ1n) is 11.4. The van der Waals surface area contributed by atoms with Crippen LogP contribution in [0.2, 0.25) is 0 Å². The first kappa shape index (κ1) is 28.6. The van der Waals surface area contributed by atoms with Crippen LogP contribution in [-0.4, -0.2) is 42.8 Å². The van der Waals surface area contributed by atoms with E-state index in [9.17, 15) is 31.5 Å². The van der Waals surface area contributed by atoms with Crippen molar-refractivity contribution in [2.45, 2.75) is 12.6 Å². The molecule has 3 heterocycles. The summed E-state index contributed by atoms with van der Waals surface area (Å²) in [4.78, 5) is 35.8. The summed E-state index contributed by atoms with van der Waals surface area (Å²) in [5, 5.41) is 12.3. The first-order valence-corrected chi connectivity index (χ1v) is 11.4. The normalized spacial score (nSPS) is 11.2. The summed E-state index contributed by atoms with van der Waals surface area (Å²) in [6.07, 6.45) is -1.08. The molecule has 3 N–H and O–H groups in total. The second-order valence-corrected chi connectivity index (χ2v) is 8.26. The summed E-state index contributed by atoms with van der Waals surface area (Å²) in [5.41, 5.74) is 1.26. The SMILES string of the molecule is C=C(OC(=O)C(F)(F)F)C(=O)Nc1cccc(Nc2nc(Nc3cnn(C)c3)ncc2-c2cncc(C(F)F)c2)c1. The number of benzene rings is 1. The lowest BCUT2D eigenvalue weighted by molar-refractivity contribution is -0.195. The molecule has 1 aromatic carbocycles. The van der Waals surface area contributed by atoms with Crippen molar-refractivity contribution in [1.82, 2.24) is 24.7 Å². The predicted molar refractivity (Wildman–Crippen MR) is 136 cm³/mol. The third-order valence-corrected chi connectivity index (χ3v) is 5.16. The van der Waals surface area contributed by atoms with Crippen LogP contribution in [0, 0.1) is 0 Å². The van der Waals surface area contributed by atoms with Gasteiger partial charge in [0.15, 0.2) is 5.76 Å². The van der Waals surface area contributed by atoms with Gasteiger partial charge in [0, 0.05) is 59.9 Å². The maximum absolute atomic E-state index is 13.3. The Morgan fingerprint density at radius 1 is 1.02 bits per heavy atom. The number of aromatic nitrogens is 5. The second-order valence-electron chi connectivity index (χ2n) is 8.26. The number of nitrogens with one attached hydrogen (secondary N) is 3. The van der Waals surface area contributed by atoms with Gasteiger partial charge in [-0.05, 0) is 24.3 Å². The van der Waals surface area contributed by atoms with E-state index in [-0.39, 0.29) is 28.6 Å². The van der Waals surface area contributed by atoms with E-state index in [0.29, 0.717) is 16.9 Å². The molecule has 0 spiro atoms. The number of ether oxygens (including phenoxy) is 1. The van der Waals surface area contributed by atoms with Crippen molar-refractivity contribution >= 4 is 40.7 Å². The predicted octanol–water partition coefficient (Wildman–Crippen LogP) is 5.25. The summed E-state index contributed by atoms with van der Waals surface area (Å²) < 4.78 is 69.4. The van der Waals surface area contributed by atoms with Gasteiger partial charge < -0.3 is 20.7 Å². The number of esters is 1. The van der Waals surface area contributed by atoms with Gasteiger partial charge in [-0.25, -0.2) is 18.6 Å². The smallest absolute Gasteiger partial charge is 0.415 e. The van der Waals surface area contributed by atoms with Gasteiger partial charge in [-0.3, -0.25) is 14.5 Å². The number of alkyl halides is 5. The van der Waals surface area contributed by atoms with Gasteiger partial charge in [-0.2, -0.15) is 23.3 Å². The molecule has 0 aliphatic carbocycles. The van der Waals surface area contributed by atoms with E-state index in [2.05, 4.69) is 47.3 Å². The van der Waals surface area contributed by atoms with Gasteiger partial charge in [-0.15, -0.1) is 0 Å². The van der Waals surface area contributed by atoms with E-state index < -0.39 is 30.2 Å². The lowest BCUT2D eigenvalue weighted by Gasteiger charge is -2.14. The van der Waals surface area contributed by atoms with E-state index in [4.69, 9.17) is 0 Å². The molecule has 16 heteroatoms. The van der Waals surface area contributed by atoms with Crippen molar-refractivity contribution in [3.05, 3.63) is 79.2 Å².